The van der Waals surface area contributed by atoms with Gasteiger partial charge in [-0.2, -0.15) is 13.2 Å². The van der Waals surface area contributed by atoms with E-state index in [0.717, 1.165) is 17.5 Å². The van der Waals surface area contributed by atoms with Crippen molar-refractivity contribution in [1.29, 1.82) is 0 Å². The fourth-order valence-electron chi connectivity index (χ4n) is 2.94. The molecule has 0 bridgehead atoms. The van der Waals surface area contributed by atoms with Crippen molar-refractivity contribution in [2.24, 2.45) is 5.73 Å². The number of ether oxygens (including phenoxy) is 2. The van der Waals surface area contributed by atoms with Crippen LogP contribution in [-0.4, -0.2) is 36.6 Å². The molecule has 1 atom stereocenters. The maximum Gasteiger partial charge on any atom is 0.418 e. The summed E-state index contributed by atoms with van der Waals surface area (Å²) in [6.07, 6.45) is -4.86. The number of carbonyl (C=O) groups excluding carboxylic acids is 2. The highest BCUT2D eigenvalue weighted by molar-refractivity contribution is 5.95. The number of amides is 2. The highest BCUT2D eigenvalue weighted by atomic mass is 19.4. The van der Waals surface area contributed by atoms with Crippen LogP contribution in [0.15, 0.2) is 36.5 Å². The molecule has 2 aliphatic rings. The Balaban J connectivity index is 0.000000208. The third-order valence-electron chi connectivity index (χ3n) is 4.43. The van der Waals surface area contributed by atoms with E-state index in [9.17, 15) is 22.8 Å². The van der Waals surface area contributed by atoms with Crippen molar-refractivity contribution in [1.82, 2.24) is 4.98 Å². The highest BCUT2D eigenvalue weighted by Gasteiger charge is 2.46. The average molecular weight is 439 g/mol. The van der Waals surface area contributed by atoms with Gasteiger partial charge in [-0.1, -0.05) is 26.0 Å². The molecule has 1 unspecified atom stereocenters. The van der Waals surface area contributed by atoms with Crippen LogP contribution in [0.3, 0.4) is 0 Å². The molecule has 4 rings (SSSR count). The molecule has 0 spiro atoms. The van der Waals surface area contributed by atoms with Gasteiger partial charge in [-0.25, -0.2) is 0 Å². The molecule has 31 heavy (non-hydrogen) atoms. The smallest absolute Gasteiger partial charge is 0.418 e. The van der Waals surface area contributed by atoms with Crippen LogP contribution in [0.2, 0.25) is 0 Å². The van der Waals surface area contributed by atoms with E-state index >= 15 is 0 Å². The van der Waals surface area contributed by atoms with E-state index in [1.54, 1.807) is 11.9 Å². The molecule has 168 valence electrons. The van der Waals surface area contributed by atoms with Gasteiger partial charge in [0.05, 0.1) is 25.3 Å². The van der Waals surface area contributed by atoms with Crippen molar-refractivity contribution in [2.75, 3.05) is 18.6 Å². The predicted molar refractivity (Wildman–Crippen MR) is 108 cm³/mol. The third-order valence-corrected chi connectivity index (χ3v) is 4.43. The van der Waals surface area contributed by atoms with E-state index in [0.29, 0.717) is 18.6 Å². The number of halogens is 3. The van der Waals surface area contributed by atoms with Gasteiger partial charge in [0.15, 0.2) is 6.10 Å². The summed E-state index contributed by atoms with van der Waals surface area (Å²) in [7, 11) is 1.77. The number of hydrogen-bond donors (Lipinski definition) is 1. The van der Waals surface area contributed by atoms with Gasteiger partial charge in [0.25, 0.3) is 5.91 Å². The van der Waals surface area contributed by atoms with Gasteiger partial charge >= 0.3 is 6.18 Å². The van der Waals surface area contributed by atoms with Crippen LogP contribution >= 0.6 is 0 Å². The Morgan fingerprint density at radius 1 is 1.26 bits per heavy atom. The minimum Gasteiger partial charge on any atom is -0.491 e. The summed E-state index contributed by atoms with van der Waals surface area (Å²) in [6, 6.07) is 8.60. The first-order valence-electron chi connectivity index (χ1n) is 9.64. The summed E-state index contributed by atoms with van der Waals surface area (Å²) in [5.41, 5.74) is 5.83. The van der Waals surface area contributed by atoms with Crippen molar-refractivity contribution in [3.8, 4) is 5.75 Å². The minimum atomic E-state index is -4.50. The number of hydrogen-bond acceptors (Lipinski definition) is 5. The van der Waals surface area contributed by atoms with Gasteiger partial charge < -0.3 is 20.1 Å². The SMILES string of the molecule is CC.CN1C(=O)CCOc2ccccc21.NC(=O)c1cc2c(cn1)COC2C(F)(F)F. The van der Waals surface area contributed by atoms with Gasteiger partial charge in [0, 0.05) is 18.8 Å². The summed E-state index contributed by atoms with van der Waals surface area (Å²) in [6.45, 7) is 4.31. The molecule has 7 nitrogen and oxygen atoms in total. The lowest BCUT2D eigenvalue weighted by atomic mass is 10.1. The van der Waals surface area contributed by atoms with E-state index in [1.165, 1.54) is 6.20 Å². The molecule has 0 radical (unpaired) electrons. The number of alkyl halides is 3. The van der Waals surface area contributed by atoms with Crippen molar-refractivity contribution < 1.29 is 32.2 Å². The Morgan fingerprint density at radius 2 is 1.94 bits per heavy atom. The first-order chi connectivity index (χ1) is 14.7. The summed E-state index contributed by atoms with van der Waals surface area (Å²) < 4.78 is 47.6. The normalized spacial score (nSPS) is 17.0. The maximum absolute atomic E-state index is 12.5. The number of aromatic nitrogens is 1. The van der Waals surface area contributed by atoms with Crippen molar-refractivity contribution in [2.45, 2.75) is 39.2 Å². The van der Waals surface area contributed by atoms with Gasteiger partial charge in [0.2, 0.25) is 5.91 Å². The number of anilines is 1. The minimum absolute atomic E-state index is 0.0868. The van der Waals surface area contributed by atoms with Crippen molar-refractivity contribution >= 4 is 17.5 Å². The second kappa shape index (κ2) is 10.3. The van der Waals surface area contributed by atoms with Crippen LogP contribution in [0.25, 0.3) is 0 Å². The number of carbonyl (C=O) groups is 2. The average Bonchev–Trinajstić information content (AvgIpc) is 3.13. The van der Waals surface area contributed by atoms with E-state index in [2.05, 4.69) is 9.72 Å². The lowest BCUT2D eigenvalue weighted by Crippen LogP contribution is -2.24. The van der Waals surface area contributed by atoms with E-state index in [1.807, 2.05) is 38.1 Å². The van der Waals surface area contributed by atoms with Crippen LogP contribution < -0.4 is 15.4 Å². The first kappa shape index (κ1) is 24.1. The molecule has 2 aromatic rings. The second-order valence-corrected chi connectivity index (χ2v) is 6.38. The zero-order chi connectivity index (χ0) is 23.2. The second-order valence-electron chi connectivity index (χ2n) is 6.38. The summed E-state index contributed by atoms with van der Waals surface area (Å²) in [5.74, 6) is 0.0245. The number of rotatable bonds is 1. The van der Waals surface area contributed by atoms with Gasteiger partial charge in [-0.3, -0.25) is 14.6 Å². The van der Waals surface area contributed by atoms with Gasteiger partial charge in [-0.05, 0) is 23.8 Å². The molecule has 0 saturated heterocycles. The molecule has 2 N–H and O–H groups in total. The Bertz CT molecular complexity index is 934. The van der Waals surface area contributed by atoms with Crippen LogP contribution in [0.4, 0.5) is 18.9 Å². The van der Waals surface area contributed by atoms with Crippen molar-refractivity contribution in [3.63, 3.8) is 0 Å². The highest BCUT2D eigenvalue weighted by Crippen LogP contribution is 2.42. The maximum atomic E-state index is 12.5. The quantitative estimate of drug-likeness (QED) is 0.730. The Kier molecular flexibility index (Phi) is 7.98. The summed E-state index contributed by atoms with van der Waals surface area (Å²) in [4.78, 5) is 27.5. The van der Waals surface area contributed by atoms with E-state index in [4.69, 9.17) is 10.5 Å². The lowest BCUT2D eigenvalue weighted by molar-refractivity contribution is -0.219. The summed E-state index contributed by atoms with van der Waals surface area (Å²) in [5, 5.41) is 0. The van der Waals surface area contributed by atoms with Crippen LogP contribution in [0.5, 0.6) is 5.75 Å². The predicted octanol–water partition coefficient (Wildman–Crippen LogP) is 3.77. The molecular formula is C21H24F3N3O4. The Hall–Kier alpha value is -3.14. The molecular weight excluding hydrogens is 415 g/mol. The van der Waals surface area contributed by atoms with Crippen molar-refractivity contribution in [3.05, 3.63) is 53.3 Å². The molecule has 3 heterocycles. The Labute approximate surface area is 178 Å². The number of fused-ring (bicyclic) bond motifs is 2. The zero-order valence-corrected chi connectivity index (χ0v) is 17.4. The lowest BCUT2D eigenvalue weighted by Gasteiger charge is -2.15. The van der Waals surface area contributed by atoms with Gasteiger partial charge in [0.1, 0.15) is 11.4 Å². The van der Waals surface area contributed by atoms with Crippen LogP contribution in [-0.2, 0) is 16.1 Å². The molecule has 2 amide bonds. The number of primary amides is 1. The zero-order valence-electron chi connectivity index (χ0n) is 17.4. The number of pyridine rings is 1. The van der Waals surface area contributed by atoms with E-state index in [-0.39, 0.29) is 23.8 Å². The fraction of sp³-hybridized carbons (Fsp3) is 0.381. The molecule has 0 fully saturated rings. The van der Waals surface area contributed by atoms with Crippen LogP contribution in [0.1, 0.15) is 48.0 Å². The molecule has 0 saturated carbocycles. The topological polar surface area (TPSA) is 94.8 Å². The molecule has 1 aromatic carbocycles. The van der Waals surface area contributed by atoms with Gasteiger partial charge in [-0.15, -0.1) is 0 Å². The number of nitrogens with zero attached hydrogens (tertiary/aromatic N) is 2. The molecule has 2 aliphatic heterocycles. The number of benzene rings is 1. The summed E-state index contributed by atoms with van der Waals surface area (Å²) >= 11 is 0. The first-order valence-corrected chi connectivity index (χ1v) is 9.64. The van der Waals surface area contributed by atoms with Crippen LogP contribution in [0, 0.1) is 0 Å². The fourth-order valence-corrected chi connectivity index (χ4v) is 2.94. The molecule has 0 aliphatic carbocycles. The third kappa shape index (κ3) is 5.72. The van der Waals surface area contributed by atoms with E-state index < -0.39 is 18.2 Å². The largest absolute Gasteiger partial charge is 0.491 e. The molecule has 10 heteroatoms. The number of para-hydroxylation sites is 2. The molecule has 1 aromatic heterocycles. The Morgan fingerprint density at radius 3 is 2.58 bits per heavy atom. The monoisotopic (exact) mass is 439 g/mol. The number of nitrogens with two attached hydrogens (primary N) is 1. The standard InChI is InChI=1S/C10H11NO2.C9H7F3N2O2.C2H6/c1-11-8-4-2-3-5-9(8)13-7-6-10(11)12;10-9(11,12)7-5-1-6(8(13)15)14-2-4(5)3-16-7;1-2/h2-5H,6-7H2,1H3;1-2,7H,3H2,(H2,13,15);1-2H3.